The van der Waals surface area contributed by atoms with Crippen molar-refractivity contribution >= 4 is 17.7 Å². The highest BCUT2D eigenvalue weighted by Gasteiger charge is 2.39. The van der Waals surface area contributed by atoms with Gasteiger partial charge in [-0.15, -0.1) is 0 Å². The number of ether oxygens (including phenoxy) is 2. The zero-order valence-corrected chi connectivity index (χ0v) is 23.6. The second kappa shape index (κ2) is 12.3. The smallest absolute Gasteiger partial charge is 0.220 e. The summed E-state index contributed by atoms with van der Waals surface area (Å²) in [5.74, 6) is 4.41. The van der Waals surface area contributed by atoms with Crippen LogP contribution >= 0.6 is 11.8 Å². The predicted octanol–water partition coefficient (Wildman–Crippen LogP) is 6.82. The molecule has 6 nitrogen and oxygen atoms in total. The monoisotopic (exact) mass is 533 g/mol. The second-order valence-electron chi connectivity index (χ2n) is 10.4. The Morgan fingerprint density at radius 3 is 2.24 bits per heavy atom. The minimum atomic E-state index is 0.228. The normalized spacial score (nSPS) is 20.0. The van der Waals surface area contributed by atoms with E-state index in [4.69, 9.17) is 14.5 Å². The van der Waals surface area contributed by atoms with Crippen LogP contribution in [0.4, 0.5) is 0 Å². The molecule has 7 heteroatoms. The van der Waals surface area contributed by atoms with Gasteiger partial charge in [0.2, 0.25) is 5.91 Å². The Morgan fingerprint density at radius 1 is 0.974 bits per heavy atom. The maximum atomic E-state index is 12.5. The molecule has 1 aromatic heterocycles. The van der Waals surface area contributed by atoms with Crippen molar-refractivity contribution in [1.82, 2.24) is 14.9 Å². The molecule has 2 bridgehead atoms. The number of carbonyl (C=O) groups is 1. The van der Waals surface area contributed by atoms with E-state index in [0.29, 0.717) is 12.5 Å². The first-order valence-electron chi connectivity index (χ1n) is 13.9. The lowest BCUT2D eigenvalue weighted by atomic mass is 9.95. The Kier molecular flexibility index (Phi) is 8.62. The molecule has 0 radical (unpaired) electrons. The third-order valence-electron chi connectivity index (χ3n) is 8.09. The molecule has 2 aliphatic carbocycles. The number of carbonyl (C=O) groups excluding carboxylic acids is 1. The van der Waals surface area contributed by atoms with E-state index in [0.717, 1.165) is 76.1 Å². The van der Waals surface area contributed by atoms with E-state index in [1.54, 1.807) is 26.0 Å². The predicted molar refractivity (Wildman–Crippen MR) is 154 cm³/mol. The van der Waals surface area contributed by atoms with E-state index in [-0.39, 0.29) is 5.91 Å². The number of nitrogens with one attached hydrogen (secondary N) is 1. The Bertz CT molecular complexity index is 1220. The summed E-state index contributed by atoms with van der Waals surface area (Å²) in [4.78, 5) is 17.6. The first-order chi connectivity index (χ1) is 18.6. The molecular formula is C31H39N3O3S. The Labute approximate surface area is 230 Å². The van der Waals surface area contributed by atoms with Gasteiger partial charge < -0.3 is 19.4 Å². The molecule has 2 saturated carbocycles. The Balaban J connectivity index is 1.25. The number of imidazole rings is 1. The highest BCUT2D eigenvalue weighted by molar-refractivity contribution is 7.99. The van der Waals surface area contributed by atoms with Crippen LogP contribution in [-0.4, -0.2) is 41.5 Å². The van der Waals surface area contributed by atoms with Gasteiger partial charge in [0, 0.05) is 35.9 Å². The van der Waals surface area contributed by atoms with Gasteiger partial charge in [-0.2, -0.15) is 0 Å². The molecule has 0 saturated heterocycles. The van der Waals surface area contributed by atoms with Gasteiger partial charge in [0.25, 0.3) is 0 Å². The molecule has 1 N–H and O–H groups in total. The van der Waals surface area contributed by atoms with Crippen LogP contribution in [-0.2, 0) is 11.3 Å². The molecule has 0 spiro atoms. The summed E-state index contributed by atoms with van der Waals surface area (Å²) in [6.45, 7) is 2.98. The minimum Gasteiger partial charge on any atom is -0.497 e. The lowest BCUT2D eigenvalue weighted by Crippen LogP contribution is -2.38. The molecular weight excluding hydrogens is 494 g/mol. The lowest BCUT2D eigenvalue weighted by molar-refractivity contribution is -0.122. The fraction of sp³-hybridized carbons (Fsp3) is 0.484. The number of methoxy groups -OCH3 is 2. The molecule has 3 atom stereocenters. The highest BCUT2D eigenvalue weighted by atomic mass is 32.2. The van der Waals surface area contributed by atoms with E-state index in [2.05, 4.69) is 41.1 Å². The molecule has 5 rings (SSSR count). The summed E-state index contributed by atoms with van der Waals surface area (Å²) in [5.41, 5.74) is 4.23. The highest BCUT2D eigenvalue weighted by Crippen LogP contribution is 2.44. The van der Waals surface area contributed by atoms with Gasteiger partial charge in [0.15, 0.2) is 5.16 Å². The summed E-state index contributed by atoms with van der Waals surface area (Å²) in [6.07, 6.45) is 7.69. The Hall–Kier alpha value is -2.93. The number of thioether (sulfide) groups is 1. The fourth-order valence-corrected chi connectivity index (χ4v) is 7.14. The van der Waals surface area contributed by atoms with Gasteiger partial charge in [-0.05, 0) is 99.4 Å². The quantitative estimate of drug-likeness (QED) is 0.204. The number of benzene rings is 2. The van der Waals surface area contributed by atoms with Crippen molar-refractivity contribution in [2.24, 2.45) is 11.8 Å². The van der Waals surface area contributed by atoms with Crippen LogP contribution in [0.3, 0.4) is 0 Å². The van der Waals surface area contributed by atoms with Crippen molar-refractivity contribution in [2.45, 2.75) is 69.6 Å². The zero-order valence-electron chi connectivity index (χ0n) is 22.7. The van der Waals surface area contributed by atoms with E-state index in [1.807, 2.05) is 24.3 Å². The average molecular weight is 534 g/mol. The molecule has 3 aromatic rings. The van der Waals surface area contributed by atoms with Crippen molar-refractivity contribution in [3.8, 4) is 34.0 Å². The first-order valence-corrected chi connectivity index (χ1v) is 14.9. The number of rotatable bonds is 12. The number of hydrogen-bond acceptors (Lipinski definition) is 5. The van der Waals surface area contributed by atoms with Gasteiger partial charge in [-0.3, -0.25) is 4.79 Å². The molecule has 3 unspecified atom stereocenters. The van der Waals surface area contributed by atoms with E-state index < -0.39 is 0 Å². The summed E-state index contributed by atoms with van der Waals surface area (Å²) >= 11 is 1.78. The summed E-state index contributed by atoms with van der Waals surface area (Å²) in [5, 5.41) is 4.33. The minimum absolute atomic E-state index is 0.228. The van der Waals surface area contributed by atoms with Crippen molar-refractivity contribution in [3.63, 3.8) is 0 Å². The van der Waals surface area contributed by atoms with Crippen molar-refractivity contribution in [2.75, 3.05) is 20.0 Å². The molecule has 2 fully saturated rings. The van der Waals surface area contributed by atoms with Crippen LogP contribution in [0, 0.1) is 11.8 Å². The van der Waals surface area contributed by atoms with Gasteiger partial charge in [-0.1, -0.05) is 18.2 Å². The fourth-order valence-electron chi connectivity index (χ4n) is 6.08. The van der Waals surface area contributed by atoms with Crippen molar-refractivity contribution in [3.05, 3.63) is 48.5 Å². The number of amides is 1. The average Bonchev–Trinajstić information content (AvgIpc) is 3.67. The van der Waals surface area contributed by atoms with Crippen LogP contribution in [0.2, 0.25) is 0 Å². The van der Waals surface area contributed by atoms with Gasteiger partial charge in [-0.25, -0.2) is 4.98 Å². The zero-order chi connectivity index (χ0) is 26.5. The molecule has 2 aromatic carbocycles. The molecule has 1 amide bonds. The number of hydrogen-bond donors (Lipinski definition) is 1. The third-order valence-corrected chi connectivity index (χ3v) is 9.15. The van der Waals surface area contributed by atoms with Crippen LogP contribution in [0.15, 0.2) is 53.7 Å². The van der Waals surface area contributed by atoms with Gasteiger partial charge in [0.1, 0.15) is 11.5 Å². The largest absolute Gasteiger partial charge is 0.497 e. The third kappa shape index (κ3) is 5.88. The maximum absolute atomic E-state index is 12.5. The van der Waals surface area contributed by atoms with Gasteiger partial charge >= 0.3 is 0 Å². The summed E-state index contributed by atoms with van der Waals surface area (Å²) < 4.78 is 13.0. The number of unbranched alkanes of at least 4 members (excludes halogenated alkanes) is 1. The lowest BCUT2D eigenvalue weighted by Gasteiger charge is -2.22. The number of fused-ring (bicyclic) bond motifs is 2. The number of aromatic nitrogens is 2. The summed E-state index contributed by atoms with van der Waals surface area (Å²) in [6, 6.07) is 16.7. The van der Waals surface area contributed by atoms with Crippen LogP contribution in [0.5, 0.6) is 11.5 Å². The van der Waals surface area contributed by atoms with Crippen molar-refractivity contribution < 1.29 is 14.3 Å². The van der Waals surface area contributed by atoms with E-state index >= 15 is 0 Å². The molecule has 1 heterocycles. The second-order valence-corrected chi connectivity index (χ2v) is 11.5. The Morgan fingerprint density at radius 2 is 1.66 bits per heavy atom. The standard InChI is InChI=1S/C31H39N3O3S/c1-4-34-30(23-12-16-26(37-3)17-13-23)29(22-10-14-25(36-2)15-11-22)33-31(34)38-18-6-5-7-28(35)32-27-20-21-8-9-24(27)19-21/h10-17,21,24,27H,4-9,18-20H2,1-3H3,(H,32,35). The summed E-state index contributed by atoms with van der Waals surface area (Å²) in [7, 11) is 3.37. The van der Waals surface area contributed by atoms with Crippen molar-refractivity contribution in [1.29, 1.82) is 0 Å². The van der Waals surface area contributed by atoms with Crippen LogP contribution in [0.25, 0.3) is 22.5 Å². The van der Waals surface area contributed by atoms with Crippen LogP contribution in [0.1, 0.15) is 51.9 Å². The molecule has 0 aliphatic heterocycles. The van der Waals surface area contributed by atoms with E-state index in [1.165, 1.54) is 25.7 Å². The van der Waals surface area contributed by atoms with Crippen LogP contribution < -0.4 is 14.8 Å². The maximum Gasteiger partial charge on any atom is 0.220 e. The number of nitrogens with zero attached hydrogens (tertiary/aromatic N) is 2. The van der Waals surface area contributed by atoms with E-state index in [9.17, 15) is 4.79 Å². The molecule has 202 valence electrons. The topological polar surface area (TPSA) is 65.4 Å². The first kappa shape index (κ1) is 26.7. The molecule has 2 aliphatic rings. The molecule has 38 heavy (non-hydrogen) atoms. The van der Waals surface area contributed by atoms with Gasteiger partial charge in [0.05, 0.1) is 25.6 Å². The SMILES string of the molecule is CCn1c(SCCCCC(=O)NC2CC3CCC2C3)nc(-c2ccc(OC)cc2)c1-c1ccc(OC)cc1.